The molecule has 2 N–H and O–H groups in total. The molecule has 2 heterocycles. The lowest BCUT2D eigenvalue weighted by atomic mass is 9.93. The number of amides is 3. The Morgan fingerprint density at radius 1 is 1.05 bits per heavy atom. The Balaban J connectivity index is 0.000000240. The lowest BCUT2D eigenvalue weighted by Crippen LogP contribution is -2.43. The van der Waals surface area contributed by atoms with Gasteiger partial charge in [0.1, 0.15) is 17.4 Å². The molecule has 0 spiro atoms. The van der Waals surface area contributed by atoms with Crippen LogP contribution in [0.3, 0.4) is 0 Å². The van der Waals surface area contributed by atoms with E-state index in [0.29, 0.717) is 42.5 Å². The number of benzene rings is 2. The van der Waals surface area contributed by atoms with E-state index >= 15 is 0 Å². The first kappa shape index (κ1) is 47.9. The Labute approximate surface area is 356 Å². The maximum atomic E-state index is 14.4. The molecule has 3 aromatic rings. The second-order valence-corrected chi connectivity index (χ2v) is 15.6. The number of methoxy groups -OCH3 is 1. The molecule has 1 aromatic heterocycles. The number of ether oxygens (including phenoxy) is 2. The average Bonchev–Trinajstić information content (AvgIpc) is 3.41. The summed E-state index contributed by atoms with van der Waals surface area (Å²) in [5.74, 6) is 1.67. The molecular formula is C42H53Cl3FN7O5. The molecule has 314 valence electrons. The van der Waals surface area contributed by atoms with Gasteiger partial charge in [0.15, 0.2) is 6.10 Å². The van der Waals surface area contributed by atoms with Gasteiger partial charge in [0.2, 0.25) is 23.1 Å². The summed E-state index contributed by atoms with van der Waals surface area (Å²) < 4.78 is 25.0. The van der Waals surface area contributed by atoms with Gasteiger partial charge in [-0.2, -0.15) is 15.0 Å². The van der Waals surface area contributed by atoms with E-state index in [0.717, 1.165) is 53.6 Å². The molecule has 2 aromatic carbocycles. The van der Waals surface area contributed by atoms with Gasteiger partial charge in [-0.15, -0.1) is 18.0 Å². The summed E-state index contributed by atoms with van der Waals surface area (Å²) in [6.45, 7) is 17.0. The summed E-state index contributed by atoms with van der Waals surface area (Å²) in [6.07, 6.45) is 8.35. The minimum Gasteiger partial charge on any atom is -0.476 e. The third-order valence-corrected chi connectivity index (χ3v) is 9.47. The van der Waals surface area contributed by atoms with Crippen LogP contribution in [0.4, 0.5) is 27.7 Å². The number of carbonyl (C=O) groups is 3. The van der Waals surface area contributed by atoms with Gasteiger partial charge >= 0.3 is 0 Å². The molecule has 0 saturated carbocycles. The summed E-state index contributed by atoms with van der Waals surface area (Å²) in [5, 5.41) is 6.33. The standard InChI is InChI=1S/C18H15ClFNO3.C15H22ClNO2.C9H16ClN5/c1-3-10(2)24-16-9-15(14(20)8-13(16)19)21-17(22)11-6-4-5-7-12(11)18(21)23;1-5-13-8-6-7-11(2)15(13)17(14(18)9-16)12(3)10-19-4;1-5-11-7-12-6(10)13-8(14-7)15-9(2,3)4/h1,8-10H,4-7H2,2H3;6-8,12H,5,9-10H2,1-4H3;5H2,1-4H3,(H2,11,12,13,14,15). The molecule has 1 aliphatic carbocycles. The van der Waals surface area contributed by atoms with Gasteiger partial charge in [-0.3, -0.25) is 14.4 Å². The molecule has 2 atom stereocenters. The number of anilines is 4. The first-order valence-corrected chi connectivity index (χ1v) is 20.3. The SMILES string of the molecule is C#CC(C)Oc1cc(N2C(=O)C3=C(CCCC3)C2=O)c(F)cc1Cl.CCNc1nc(Cl)nc(NC(C)(C)C)n1.CCc1cccc(C)c1N(C(=O)CCl)C(C)COC. The average molecular weight is 861 g/mol. The van der Waals surface area contributed by atoms with Crippen molar-refractivity contribution in [1.82, 2.24) is 15.0 Å². The number of nitrogens with one attached hydrogen (secondary N) is 2. The minimum absolute atomic E-state index is 0.0223. The van der Waals surface area contributed by atoms with Crippen LogP contribution in [0.1, 0.15) is 85.3 Å². The number of rotatable bonds is 12. The van der Waals surface area contributed by atoms with E-state index in [1.54, 1.807) is 18.9 Å². The summed E-state index contributed by atoms with van der Waals surface area (Å²) in [6, 6.07) is 8.32. The molecule has 2 unspecified atom stereocenters. The number of aryl methyl sites for hydroxylation is 2. The van der Waals surface area contributed by atoms with E-state index in [1.807, 2.05) is 53.7 Å². The fourth-order valence-electron chi connectivity index (χ4n) is 6.26. The Morgan fingerprint density at radius 2 is 1.67 bits per heavy atom. The Morgan fingerprint density at radius 3 is 2.21 bits per heavy atom. The van der Waals surface area contributed by atoms with Crippen LogP contribution in [0, 0.1) is 25.1 Å². The summed E-state index contributed by atoms with van der Waals surface area (Å²) in [4.78, 5) is 52.0. The predicted octanol–water partition coefficient (Wildman–Crippen LogP) is 8.95. The monoisotopic (exact) mass is 859 g/mol. The van der Waals surface area contributed by atoms with Gasteiger partial charge in [0.05, 0.1) is 29.0 Å². The normalized spacial score (nSPS) is 14.6. The predicted molar refractivity (Wildman–Crippen MR) is 231 cm³/mol. The Hall–Kier alpha value is -4.48. The van der Waals surface area contributed by atoms with Crippen molar-refractivity contribution in [3.63, 3.8) is 0 Å². The number of carbonyl (C=O) groups excluding carboxylic acids is 3. The highest BCUT2D eigenvalue weighted by Crippen LogP contribution is 2.40. The molecule has 0 radical (unpaired) electrons. The quantitative estimate of drug-likeness (QED) is 0.103. The molecule has 3 amide bonds. The third-order valence-electron chi connectivity index (χ3n) is 8.78. The van der Waals surface area contributed by atoms with Crippen LogP contribution in [0.25, 0.3) is 0 Å². The number of imide groups is 1. The zero-order valence-electron chi connectivity index (χ0n) is 34.6. The van der Waals surface area contributed by atoms with Gasteiger partial charge in [0.25, 0.3) is 11.8 Å². The first-order valence-electron chi connectivity index (χ1n) is 19.0. The second kappa shape index (κ2) is 22.0. The van der Waals surface area contributed by atoms with E-state index < -0.39 is 23.7 Å². The largest absolute Gasteiger partial charge is 0.476 e. The number of para-hydroxylation sites is 1. The second-order valence-electron chi connectivity index (χ2n) is 14.6. The number of aromatic nitrogens is 3. The van der Waals surface area contributed by atoms with Crippen molar-refractivity contribution >= 4 is 75.8 Å². The smallest absolute Gasteiger partial charge is 0.261 e. The first-order chi connectivity index (χ1) is 27.4. The minimum atomic E-state index is -0.762. The van der Waals surface area contributed by atoms with Crippen molar-refractivity contribution < 1.29 is 28.2 Å². The molecule has 0 saturated heterocycles. The molecule has 1 aliphatic heterocycles. The lowest BCUT2D eigenvalue weighted by molar-refractivity contribution is -0.121. The maximum absolute atomic E-state index is 14.4. The van der Waals surface area contributed by atoms with E-state index in [4.69, 9.17) is 50.7 Å². The molecule has 2 aliphatic rings. The number of hydrogen-bond donors (Lipinski definition) is 2. The van der Waals surface area contributed by atoms with E-state index in [9.17, 15) is 18.8 Å². The van der Waals surface area contributed by atoms with Crippen molar-refractivity contribution in [2.24, 2.45) is 0 Å². The number of hydrogen-bond acceptors (Lipinski definition) is 10. The summed E-state index contributed by atoms with van der Waals surface area (Å²) in [7, 11) is 1.64. The molecule has 5 rings (SSSR count). The molecule has 0 bridgehead atoms. The maximum Gasteiger partial charge on any atom is 0.261 e. The van der Waals surface area contributed by atoms with Gasteiger partial charge in [-0.1, -0.05) is 42.6 Å². The Bertz CT molecular complexity index is 1990. The molecule has 12 nitrogen and oxygen atoms in total. The van der Waals surface area contributed by atoms with Gasteiger partial charge in [-0.05, 0) is 109 Å². The Kier molecular flexibility index (Phi) is 18.2. The topological polar surface area (TPSA) is 139 Å². The fourth-order valence-corrected chi connectivity index (χ4v) is 6.75. The van der Waals surface area contributed by atoms with Crippen LogP contribution < -0.4 is 25.2 Å². The number of alkyl halides is 1. The highest BCUT2D eigenvalue weighted by Gasteiger charge is 2.41. The third kappa shape index (κ3) is 12.8. The summed E-state index contributed by atoms with van der Waals surface area (Å²) in [5.41, 5.74) is 3.92. The highest BCUT2D eigenvalue weighted by molar-refractivity contribution is 6.34. The van der Waals surface area contributed by atoms with Crippen LogP contribution in [0.2, 0.25) is 10.3 Å². The van der Waals surface area contributed by atoms with Gasteiger partial charge in [0, 0.05) is 36.4 Å². The highest BCUT2D eigenvalue weighted by atomic mass is 35.5. The van der Waals surface area contributed by atoms with Crippen LogP contribution in [-0.4, -0.2) is 76.5 Å². The van der Waals surface area contributed by atoms with Gasteiger partial charge in [-0.25, -0.2) is 9.29 Å². The number of terminal acetylenes is 1. The van der Waals surface area contributed by atoms with Crippen molar-refractivity contribution in [1.29, 1.82) is 0 Å². The zero-order chi connectivity index (χ0) is 43.3. The van der Waals surface area contributed by atoms with Crippen molar-refractivity contribution in [3.05, 3.63) is 68.7 Å². The fraction of sp³-hybridized carbons (Fsp3) is 0.476. The lowest BCUT2D eigenvalue weighted by Gasteiger charge is -2.31. The number of halogens is 4. The van der Waals surface area contributed by atoms with Crippen LogP contribution in [0.5, 0.6) is 5.75 Å². The van der Waals surface area contributed by atoms with E-state index in [2.05, 4.69) is 44.5 Å². The van der Waals surface area contributed by atoms with Crippen molar-refractivity contribution in [3.8, 4) is 18.1 Å². The van der Waals surface area contributed by atoms with Crippen LogP contribution >= 0.6 is 34.8 Å². The molecule has 16 heteroatoms. The van der Waals surface area contributed by atoms with Crippen LogP contribution in [0.15, 0.2) is 41.5 Å². The molecule has 58 heavy (non-hydrogen) atoms. The van der Waals surface area contributed by atoms with Gasteiger partial charge < -0.3 is 25.0 Å². The van der Waals surface area contributed by atoms with Crippen LogP contribution in [-0.2, 0) is 25.5 Å². The van der Waals surface area contributed by atoms with Crippen molar-refractivity contribution in [2.45, 2.75) is 105 Å². The van der Waals surface area contributed by atoms with E-state index in [-0.39, 0.29) is 45.1 Å². The molecule has 0 fully saturated rings. The van der Waals surface area contributed by atoms with Crippen molar-refractivity contribution in [2.75, 3.05) is 46.6 Å². The van der Waals surface area contributed by atoms with E-state index in [1.165, 1.54) is 6.07 Å². The summed E-state index contributed by atoms with van der Waals surface area (Å²) >= 11 is 17.5. The molecular weight excluding hydrogens is 808 g/mol. The zero-order valence-corrected chi connectivity index (χ0v) is 36.8. The number of nitrogens with zero attached hydrogens (tertiary/aromatic N) is 5.